The van der Waals surface area contributed by atoms with E-state index in [4.69, 9.17) is 0 Å². The molecule has 1 aliphatic carbocycles. The zero-order chi connectivity index (χ0) is 8.60. The van der Waals surface area contributed by atoms with Crippen LogP contribution in [0.15, 0.2) is 19.5 Å². The quantitative estimate of drug-likeness (QED) is 0.604. The fourth-order valence-corrected chi connectivity index (χ4v) is 3.56. The van der Waals surface area contributed by atoms with Crippen molar-refractivity contribution in [2.24, 2.45) is 13.6 Å². The van der Waals surface area contributed by atoms with E-state index in [9.17, 15) is 0 Å². The molecule has 12 heavy (non-hydrogen) atoms. The highest BCUT2D eigenvalue weighted by molar-refractivity contribution is 14.2. The van der Waals surface area contributed by atoms with Crippen LogP contribution in [0.3, 0.4) is 0 Å². The number of rotatable bonds is 0. The van der Waals surface area contributed by atoms with Gasteiger partial charge in [-0.05, 0) is 19.3 Å². The fourth-order valence-electron chi connectivity index (χ4n) is 1.77. The van der Waals surface area contributed by atoms with Gasteiger partial charge in [-0.2, -0.15) is 0 Å². The molecule has 0 unspecified atom stereocenters. The topological polar surface area (TPSA) is 24.7 Å². The highest BCUT2D eigenvalue weighted by Gasteiger charge is 2.30. The summed E-state index contributed by atoms with van der Waals surface area (Å²) in [5.41, 5.74) is 2.87. The molecule has 0 fully saturated rings. The number of hydrogen-bond acceptors (Lipinski definition) is 2. The molecule has 1 aliphatic heterocycles. The molecule has 2 nitrogen and oxygen atoms in total. The van der Waals surface area contributed by atoms with Crippen LogP contribution in [0.25, 0.3) is 0 Å². The monoisotopic (exact) mass is 276 g/mol. The summed E-state index contributed by atoms with van der Waals surface area (Å²) in [4.78, 5) is 4.46. The fraction of sp³-hybridized carbons (Fsp3) is 0.667. The van der Waals surface area contributed by atoms with Gasteiger partial charge in [0.25, 0.3) is 0 Å². The molecule has 3 heteroatoms. The first kappa shape index (κ1) is 8.53. The third-order valence-corrected chi connectivity index (χ3v) is 3.80. The predicted molar refractivity (Wildman–Crippen MR) is 59.6 cm³/mol. The Morgan fingerprint density at radius 2 is 2.33 bits per heavy atom. The molecule has 0 saturated heterocycles. The van der Waals surface area contributed by atoms with Gasteiger partial charge in [0, 0.05) is 26.4 Å². The lowest BCUT2D eigenvalue weighted by atomic mass is 9.78. The molecule has 0 aromatic carbocycles. The van der Waals surface area contributed by atoms with Crippen LogP contribution in [0.2, 0.25) is 0 Å². The predicted octanol–water partition coefficient (Wildman–Crippen LogP) is 3.60. The molecule has 0 spiro atoms. The normalized spacial score (nSPS) is 26.5. The lowest BCUT2D eigenvalue weighted by Gasteiger charge is -2.31. The largest absolute Gasteiger partial charge is 0.252 e. The van der Waals surface area contributed by atoms with E-state index in [1.807, 2.05) is 4.22 Å². The van der Waals surface area contributed by atoms with Crippen molar-refractivity contribution in [1.82, 2.24) is 0 Å². The van der Waals surface area contributed by atoms with Crippen LogP contribution in [0.5, 0.6) is 0 Å². The Bertz CT molecular complexity index is 287. The Morgan fingerprint density at radius 3 is 3.08 bits per heavy atom. The molecule has 0 N–H and O–H groups in total. The van der Waals surface area contributed by atoms with Crippen LogP contribution in [-0.4, -0.2) is 4.22 Å². The van der Waals surface area contributed by atoms with Gasteiger partial charge in [0.15, 0.2) is 0 Å². The molecule has 2 rings (SSSR count). The van der Waals surface area contributed by atoms with E-state index >= 15 is 0 Å². The maximum absolute atomic E-state index is 4.64. The van der Waals surface area contributed by atoms with Gasteiger partial charge in [-0.3, -0.25) is 4.99 Å². The van der Waals surface area contributed by atoms with Gasteiger partial charge >= 0.3 is 0 Å². The van der Waals surface area contributed by atoms with E-state index in [2.05, 4.69) is 22.0 Å². The standard InChI is InChI=1S/C9H13IN2/c1-9(2)5-3-4-7-8(9)12-10-6-11-7/h6H,3-5H2,1-2H3. The van der Waals surface area contributed by atoms with Gasteiger partial charge in [0.05, 0.1) is 15.6 Å². The number of allylic oxidation sites excluding steroid dienone is 2. The summed E-state index contributed by atoms with van der Waals surface area (Å²) in [6.45, 7) is 4.57. The molecular weight excluding hydrogens is 263 g/mol. The van der Waals surface area contributed by atoms with E-state index in [0.29, 0.717) is 5.41 Å². The number of aliphatic imine (C=N–C) groups is 1. The van der Waals surface area contributed by atoms with Crippen molar-refractivity contribution in [2.45, 2.75) is 33.1 Å². The minimum atomic E-state index is -0.115. The summed E-state index contributed by atoms with van der Waals surface area (Å²) in [5.74, 6) is 0. The van der Waals surface area contributed by atoms with Gasteiger partial charge in [0.1, 0.15) is 0 Å². The summed E-state index contributed by atoms with van der Waals surface area (Å²) in [5, 5.41) is 0. The molecular formula is C9H13IN2. The molecule has 2 aliphatic rings. The molecule has 0 atom stereocenters. The molecule has 66 valence electrons. The maximum Gasteiger partial charge on any atom is 0.0779 e. The minimum Gasteiger partial charge on any atom is -0.252 e. The number of hydrogen-bond donors (Lipinski definition) is 0. The third-order valence-electron chi connectivity index (χ3n) is 2.51. The Morgan fingerprint density at radius 1 is 1.50 bits per heavy atom. The Hall–Kier alpha value is -0.0600. The van der Waals surface area contributed by atoms with Crippen molar-refractivity contribution in [1.29, 1.82) is 0 Å². The van der Waals surface area contributed by atoms with Crippen LogP contribution >= 0.6 is 21.0 Å². The summed E-state index contributed by atoms with van der Waals surface area (Å²) in [7, 11) is 0. The first-order chi connectivity index (χ1) is 5.70. The molecule has 0 radical (unpaired) electrons. The van der Waals surface area contributed by atoms with Crippen LogP contribution < -0.4 is 0 Å². The smallest absolute Gasteiger partial charge is 0.0779 e. The van der Waals surface area contributed by atoms with Crippen molar-refractivity contribution in [2.75, 3.05) is 0 Å². The Balaban J connectivity index is 2.45. The van der Waals surface area contributed by atoms with E-state index in [0.717, 1.165) is 6.42 Å². The van der Waals surface area contributed by atoms with Crippen molar-refractivity contribution in [3.05, 3.63) is 11.4 Å². The van der Waals surface area contributed by atoms with E-state index < -0.39 is 0 Å². The van der Waals surface area contributed by atoms with Crippen molar-refractivity contribution < 1.29 is 0 Å². The SMILES string of the molecule is CC1(C)CCCC2=C1N=IC=N2. The maximum atomic E-state index is 4.64. The minimum absolute atomic E-state index is 0.115. The van der Waals surface area contributed by atoms with Gasteiger partial charge in [-0.15, -0.1) is 0 Å². The number of halogens is 1. The summed E-state index contributed by atoms with van der Waals surface area (Å²) in [6, 6.07) is 0. The molecule has 0 bridgehead atoms. The van der Waals surface area contributed by atoms with E-state index in [1.165, 1.54) is 24.2 Å². The van der Waals surface area contributed by atoms with Gasteiger partial charge in [0.2, 0.25) is 0 Å². The molecule has 0 saturated carbocycles. The number of nitrogens with zero attached hydrogens (tertiary/aromatic N) is 2. The second-order valence-corrected chi connectivity index (χ2v) is 5.54. The highest BCUT2D eigenvalue weighted by Crippen LogP contribution is 2.43. The average Bonchev–Trinajstić information content (AvgIpc) is 2.04. The lowest BCUT2D eigenvalue weighted by molar-refractivity contribution is 0.364. The van der Waals surface area contributed by atoms with Crippen molar-refractivity contribution in [3.8, 4) is 0 Å². The van der Waals surface area contributed by atoms with Crippen LogP contribution in [0.1, 0.15) is 33.1 Å². The van der Waals surface area contributed by atoms with E-state index in [1.54, 1.807) is 0 Å². The summed E-state index contributed by atoms with van der Waals surface area (Å²) in [6.07, 6.45) is 3.69. The second-order valence-electron chi connectivity index (χ2n) is 3.94. The van der Waals surface area contributed by atoms with Crippen LogP contribution in [0.4, 0.5) is 0 Å². The average molecular weight is 276 g/mol. The summed E-state index contributed by atoms with van der Waals surface area (Å²) < 4.78 is 6.67. The zero-order valence-electron chi connectivity index (χ0n) is 7.47. The summed E-state index contributed by atoms with van der Waals surface area (Å²) >= 11 is -0.115. The third kappa shape index (κ3) is 1.39. The molecule has 0 aromatic heterocycles. The Kier molecular flexibility index (Phi) is 2.14. The lowest BCUT2D eigenvalue weighted by Crippen LogP contribution is -2.19. The zero-order valence-corrected chi connectivity index (χ0v) is 9.63. The van der Waals surface area contributed by atoms with Gasteiger partial charge in [-0.1, -0.05) is 13.8 Å². The molecule has 1 heterocycles. The first-order valence-electron chi connectivity index (χ1n) is 4.30. The van der Waals surface area contributed by atoms with Crippen LogP contribution in [-0.2, 0) is 0 Å². The van der Waals surface area contributed by atoms with Crippen molar-refractivity contribution >= 4 is 25.3 Å². The van der Waals surface area contributed by atoms with E-state index in [-0.39, 0.29) is 21.0 Å². The van der Waals surface area contributed by atoms with Gasteiger partial charge in [-0.25, -0.2) is 3.15 Å². The Labute approximate surface area is 83.3 Å². The highest BCUT2D eigenvalue weighted by atomic mass is 127. The molecule has 0 amide bonds. The first-order valence-corrected chi connectivity index (χ1v) is 6.51. The van der Waals surface area contributed by atoms with Crippen molar-refractivity contribution in [3.63, 3.8) is 0 Å². The molecule has 0 aromatic rings. The van der Waals surface area contributed by atoms with Gasteiger partial charge < -0.3 is 0 Å². The second kappa shape index (κ2) is 3.01. The van der Waals surface area contributed by atoms with Crippen LogP contribution in [0, 0.1) is 5.41 Å².